The number of rotatable bonds is 10. The van der Waals surface area contributed by atoms with Gasteiger partial charge in [0.05, 0.1) is 13.7 Å². The Morgan fingerprint density at radius 2 is 1.79 bits per heavy atom. The maximum Gasteiger partial charge on any atom is 0.119 e. The molecule has 148 valence electrons. The molecule has 0 atom stereocenters. The third kappa shape index (κ3) is 5.47. The Morgan fingerprint density at radius 1 is 0.929 bits per heavy atom. The lowest BCUT2D eigenvalue weighted by Crippen LogP contribution is -2.27. The molecule has 0 saturated carbocycles. The van der Waals surface area contributed by atoms with Gasteiger partial charge in [0.1, 0.15) is 5.75 Å². The number of aromatic nitrogens is 1. The molecule has 2 aromatic carbocycles. The number of aryl methyl sites for hydroxylation is 1. The third-order valence-electron chi connectivity index (χ3n) is 5.06. The van der Waals surface area contributed by atoms with Crippen LogP contribution in [-0.2, 0) is 24.4 Å². The second kappa shape index (κ2) is 10.1. The van der Waals surface area contributed by atoms with Gasteiger partial charge < -0.3 is 14.0 Å². The van der Waals surface area contributed by atoms with Crippen molar-refractivity contribution in [3.63, 3.8) is 0 Å². The van der Waals surface area contributed by atoms with E-state index in [9.17, 15) is 0 Å². The number of hydrogen-bond acceptors (Lipinski definition) is 3. The van der Waals surface area contributed by atoms with Crippen molar-refractivity contribution in [2.24, 2.45) is 0 Å². The minimum Gasteiger partial charge on any atom is -0.497 e. The van der Waals surface area contributed by atoms with E-state index in [1.165, 1.54) is 22.4 Å². The molecule has 0 unspecified atom stereocenters. The summed E-state index contributed by atoms with van der Waals surface area (Å²) in [4.78, 5) is 2.42. The van der Waals surface area contributed by atoms with Gasteiger partial charge in [0.25, 0.3) is 0 Å². The molecular formula is C24H30N2O2. The van der Waals surface area contributed by atoms with E-state index >= 15 is 0 Å². The number of benzene rings is 2. The Morgan fingerprint density at radius 3 is 2.57 bits per heavy atom. The van der Waals surface area contributed by atoms with Crippen LogP contribution in [0, 0.1) is 6.92 Å². The first-order chi connectivity index (χ1) is 13.7. The van der Waals surface area contributed by atoms with E-state index in [-0.39, 0.29) is 0 Å². The molecule has 1 heterocycles. The topological polar surface area (TPSA) is 26.6 Å². The maximum atomic E-state index is 5.37. The molecule has 0 bridgehead atoms. The molecule has 0 fully saturated rings. The van der Waals surface area contributed by atoms with E-state index in [2.05, 4.69) is 71.1 Å². The van der Waals surface area contributed by atoms with Crippen molar-refractivity contribution in [2.75, 3.05) is 27.4 Å². The SMILES string of the molecule is COCCN(Cc1cccc(OC)c1)Cc1cccn1Cc1ccccc1C. The zero-order valence-electron chi connectivity index (χ0n) is 17.1. The summed E-state index contributed by atoms with van der Waals surface area (Å²) in [7, 11) is 3.46. The van der Waals surface area contributed by atoms with E-state index in [0.717, 1.165) is 31.9 Å². The Kier molecular flexibility index (Phi) is 7.29. The van der Waals surface area contributed by atoms with E-state index in [1.54, 1.807) is 14.2 Å². The molecule has 0 aliphatic carbocycles. The molecule has 4 heteroatoms. The van der Waals surface area contributed by atoms with E-state index in [1.807, 2.05) is 12.1 Å². The van der Waals surface area contributed by atoms with Crippen molar-refractivity contribution >= 4 is 0 Å². The predicted octanol–water partition coefficient (Wildman–Crippen LogP) is 4.50. The number of nitrogens with zero attached hydrogens (tertiary/aromatic N) is 2. The zero-order chi connectivity index (χ0) is 19.8. The van der Waals surface area contributed by atoms with Gasteiger partial charge in [0, 0.05) is 45.2 Å². The van der Waals surface area contributed by atoms with Crippen molar-refractivity contribution < 1.29 is 9.47 Å². The van der Waals surface area contributed by atoms with Gasteiger partial charge in [-0.1, -0.05) is 36.4 Å². The first-order valence-corrected chi connectivity index (χ1v) is 9.72. The van der Waals surface area contributed by atoms with Crippen LogP contribution in [0.1, 0.15) is 22.4 Å². The fourth-order valence-corrected chi connectivity index (χ4v) is 3.41. The van der Waals surface area contributed by atoms with Crippen molar-refractivity contribution in [3.05, 3.63) is 89.2 Å². The van der Waals surface area contributed by atoms with E-state index in [4.69, 9.17) is 9.47 Å². The van der Waals surface area contributed by atoms with Crippen LogP contribution in [-0.4, -0.2) is 36.8 Å². The quantitative estimate of drug-likeness (QED) is 0.520. The average Bonchev–Trinajstić information content (AvgIpc) is 3.14. The van der Waals surface area contributed by atoms with E-state index < -0.39 is 0 Å². The summed E-state index contributed by atoms with van der Waals surface area (Å²) in [6.07, 6.45) is 2.17. The Bertz CT molecular complexity index is 872. The van der Waals surface area contributed by atoms with Crippen LogP contribution in [0.4, 0.5) is 0 Å². The van der Waals surface area contributed by atoms with E-state index in [0.29, 0.717) is 6.61 Å². The largest absolute Gasteiger partial charge is 0.497 e. The molecule has 0 N–H and O–H groups in total. The normalized spacial score (nSPS) is 11.1. The second-order valence-electron chi connectivity index (χ2n) is 7.11. The molecule has 4 nitrogen and oxygen atoms in total. The fourth-order valence-electron chi connectivity index (χ4n) is 3.41. The Hall–Kier alpha value is -2.56. The fraction of sp³-hybridized carbons (Fsp3) is 0.333. The van der Waals surface area contributed by atoms with Gasteiger partial charge >= 0.3 is 0 Å². The zero-order valence-corrected chi connectivity index (χ0v) is 17.1. The first-order valence-electron chi connectivity index (χ1n) is 9.72. The monoisotopic (exact) mass is 378 g/mol. The number of ether oxygens (including phenoxy) is 2. The number of hydrogen-bond donors (Lipinski definition) is 0. The van der Waals surface area contributed by atoms with Gasteiger partial charge in [0.2, 0.25) is 0 Å². The highest BCUT2D eigenvalue weighted by molar-refractivity contribution is 5.29. The molecule has 0 radical (unpaired) electrons. The lowest BCUT2D eigenvalue weighted by Gasteiger charge is -2.23. The van der Waals surface area contributed by atoms with Crippen molar-refractivity contribution in [1.82, 2.24) is 9.47 Å². The summed E-state index contributed by atoms with van der Waals surface area (Å²) in [5, 5.41) is 0. The van der Waals surface area contributed by atoms with Crippen LogP contribution < -0.4 is 4.74 Å². The maximum absolute atomic E-state index is 5.37. The molecular weight excluding hydrogens is 348 g/mol. The van der Waals surface area contributed by atoms with Gasteiger partial charge in [-0.3, -0.25) is 4.90 Å². The van der Waals surface area contributed by atoms with Crippen LogP contribution in [0.15, 0.2) is 66.9 Å². The Balaban J connectivity index is 1.74. The molecule has 0 aliphatic rings. The molecule has 1 aromatic heterocycles. The van der Waals surface area contributed by atoms with Gasteiger partial charge in [-0.15, -0.1) is 0 Å². The summed E-state index contributed by atoms with van der Waals surface area (Å²) in [6, 6.07) is 21.2. The standard InChI is InChI=1S/C24H30N2O2/c1-20-8-4-5-10-22(20)18-26-13-7-11-23(26)19-25(14-15-27-2)17-21-9-6-12-24(16-21)28-3/h4-13,16H,14-15,17-19H2,1-3H3. The summed E-state index contributed by atoms with van der Waals surface area (Å²) in [5.74, 6) is 0.895. The van der Waals surface area contributed by atoms with Gasteiger partial charge in [-0.2, -0.15) is 0 Å². The summed E-state index contributed by atoms with van der Waals surface area (Å²) < 4.78 is 13.1. The van der Waals surface area contributed by atoms with Crippen molar-refractivity contribution in [2.45, 2.75) is 26.6 Å². The lowest BCUT2D eigenvalue weighted by atomic mass is 10.1. The summed E-state index contributed by atoms with van der Waals surface area (Å²) in [6.45, 7) is 6.39. The number of methoxy groups -OCH3 is 2. The van der Waals surface area contributed by atoms with Crippen molar-refractivity contribution in [1.29, 1.82) is 0 Å². The Labute approximate surface area is 168 Å². The predicted molar refractivity (Wildman–Crippen MR) is 114 cm³/mol. The smallest absolute Gasteiger partial charge is 0.119 e. The van der Waals surface area contributed by atoms with Crippen LogP contribution >= 0.6 is 0 Å². The van der Waals surface area contributed by atoms with Crippen LogP contribution in [0.5, 0.6) is 5.75 Å². The van der Waals surface area contributed by atoms with Crippen LogP contribution in [0.3, 0.4) is 0 Å². The summed E-state index contributed by atoms with van der Waals surface area (Å²) in [5.41, 5.74) is 5.24. The lowest BCUT2D eigenvalue weighted by molar-refractivity contribution is 0.138. The van der Waals surface area contributed by atoms with Gasteiger partial charge in [-0.05, 0) is 47.9 Å². The summed E-state index contributed by atoms with van der Waals surface area (Å²) >= 11 is 0. The minimum atomic E-state index is 0.711. The molecule has 0 aliphatic heterocycles. The average molecular weight is 379 g/mol. The van der Waals surface area contributed by atoms with Crippen molar-refractivity contribution in [3.8, 4) is 5.75 Å². The van der Waals surface area contributed by atoms with Gasteiger partial charge in [0.15, 0.2) is 0 Å². The molecule has 28 heavy (non-hydrogen) atoms. The minimum absolute atomic E-state index is 0.711. The molecule has 3 rings (SSSR count). The molecule has 0 saturated heterocycles. The molecule has 0 amide bonds. The van der Waals surface area contributed by atoms with Gasteiger partial charge in [-0.25, -0.2) is 0 Å². The van der Waals surface area contributed by atoms with Crippen LogP contribution in [0.25, 0.3) is 0 Å². The van der Waals surface area contributed by atoms with Crippen LogP contribution in [0.2, 0.25) is 0 Å². The highest BCUT2D eigenvalue weighted by Gasteiger charge is 2.11. The third-order valence-corrected chi connectivity index (χ3v) is 5.06. The first kappa shape index (κ1) is 20.2. The molecule has 3 aromatic rings. The second-order valence-corrected chi connectivity index (χ2v) is 7.11. The highest BCUT2D eigenvalue weighted by atomic mass is 16.5. The molecule has 0 spiro atoms. The highest BCUT2D eigenvalue weighted by Crippen LogP contribution is 2.17.